The zero-order valence-corrected chi connectivity index (χ0v) is 56.2. The summed E-state index contributed by atoms with van der Waals surface area (Å²) in [7, 11) is 0. The van der Waals surface area contributed by atoms with E-state index in [1.165, 1.54) is 74.6 Å². The second-order valence-corrected chi connectivity index (χ2v) is 23.8. The Balaban J connectivity index is 0.000000252. The molecule has 0 aliphatic rings. The van der Waals surface area contributed by atoms with Gasteiger partial charge in [0, 0.05) is 52.6 Å². The van der Waals surface area contributed by atoms with E-state index in [0.717, 1.165) is 38.3 Å². The number of rotatable bonds is 16. The smallest absolute Gasteiger partial charge is 0.339 e. The highest BCUT2D eigenvalue weighted by Gasteiger charge is 2.23. The van der Waals surface area contributed by atoms with E-state index in [4.69, 9.17) is 11.0 Å². The Hall–Kier alpha value is -7.35. The van der Waals surface area contributed by atoms with Gasteiger partial charge in [-0.25, -0.2) is 33.5 Å². The number of nitrogen functional groups attached to an aromatic ring is 1. The summed E-state index contributed by atoms with van der Waals surface area (Å²) in [6.45, 7) is 5.87. The summed E-state index contributed by atoms with van der Waals surface area (Å²) in [5.41, 5.74) is 12.9. The van der Waals surface area contributed by atoms with Gasteiger partial charge in [0.25, 0.3) is 0 Å². The molecule has 87 heavy (non-hydrogen) atoms. The summed E-state index contributed by atoms with van der Waals surface area (Å²) in [4.78, 5) is 97.4. The van der Waals surface area contributed by atoms with Crippen LogP contribution in [0.25, 0.3) is 33.8 Å². The molecule has 5 N–H and O–H groups in total. The molecule has 7 aromatic heterocycles. The van der Waals surface area contributed by atoms with Crippen LogP contribution in [0, 0.1) is 23.0 Å². The van der Waals surface area contributed by atoms with Gasteiger partial charge in [0.1, 0.15) is 57.1 Å². The van der Waals surface area contributed by atoms with Gasteiger partial charge >= 0.3 is 5.97 Å². The van der Waals surface area contributed by atoms with E-state index in [1.807, 2.05) is 41.1 Å². The zero-order valence-electron chi connectivity index (χ0n) is 46.4. The van der Waals surface area contributed by atoms with E-state index < -0.39 is 5.97 Å². The average molecular weight is 1510 g/mol. The van der Waals surface area contributed by atoms with Crippen molar-refractivity contribution in [2.45, 2.75) is 59.8 Å². The number of nitrogens with two attached hydrogens (primary N) is 1. The lowest BCUT2D eigenvalue weighted by Crippen LogP contribution is -2.14. The topological polar surface area (TPSA) is 265 Å². The fourth-order valence-electron chi connectivity index (χ4n) is 7.35. The highest BCUT2D eigenvalue weighted by molar-refractivity contribution is 9.11. The van der Waals surface area contributed by atoms with Crippen molar-refractivity contribution in [1.29, 1.82) is 5.26 Å². The number of hydrogen-bond acceptors (Lipinski definition) is 16. The first kappa shape index (κ1) is 72.1. The number of nitriles is 1. The molecule has 0 radical (unpaired) electrons. The molecule has 450 valence electrons. The number of Topliss-reactive ketones (excluding diaryl/α,β-unsaturated/α-hetero) is 4. The Bertz CT molecular complexity index is 3770. The Morgan fingerprint density at radius 3 is 1.23 bits per heavy atom. The predicted molar refractivity (Wildman–Crippen MR) is 357 cm³/mol. The average Bonchev–Trinajstić information content (AvgIpc) is 2.37. The number of pyridine rings is 4. The van der Waals surface area contributed by atoms with E-state index >= 15 is 0 Å². The van der Waals surface area contributed by atoms with Crippen molar-refractivity contribution in [1.82, 2.24) is 19.9 Å². The summed E-state index contributed by atoms with van der Waals surface area (Å²) < 4.78 is 28.6. The van der Waals surface area contributed by atoms with Gasteiger partial charge in [-0.3, -0.25) is 28.8 Å². The predicted octanol–water partition coefficient (Wildman–Crippen LogP) is 16.5. The third kappa shape index (κ3) is 23.4. The van der Waals surface area contributed by atoms with E-state index in [9.17, 15) is 47.4 Å². The van der Waals surface area contributed by atoms with Crippen LogP contribution in [0.5, 0.6) is 0 Å². The van der Waals surface area contributed by atoms with Gasteiger partial charge in [0.15, 0.2) is 17.3 Å². The number of benzene rings is 2. The van der Waals surface area contributed by atoms with Crippen LogP contribution >= 0.6 is 111 Å². The molecule has 0 fully saturated rings. The minimum atomic E-state index is -1.14. The molecule has 0 spiro atoms. The highest BCUT2D eigenvalue weighted by atomic mass is 79.9. The van der Waals surface area contributed by atoms with Crippen LogP contribution in [0.3, 0.4) is 0 Å². The van der Waals surface area contributed by atoms with Crippen LogP contribution in [-0.4, -0.2) is 66.0 Å². The first-order valence-electron chi connectivity index (χ1n) is 25.3. The monoisotopic (exact) mass is 1510 g/mol. The molecule has 0 unspecified atom stereocenters. The van der Waals surface area contributed by atoms with Gasteiger partial charge in [-0.1, -0.05) is 48.5 Å². The number of carboxylic acids is 1. The van der Waals surface area contributed by atoms with Crippen LogP contribution in [0.4, 0.5) is 23.8 Å². The summed E-state index contributed by atoms with van der Waals surface area (Å²) in [6.07, 6.45) is 1.37. The van der Waals surface area contributed by atoms with Gasteiger partial charge < -0.3 is 21.5 Å². The molecule has 26 heteroatoms. The number of amides is 2. The number of hydrogen-bond donors (Lipinski definition) is 4. The molecular formula is C61H52Br4F2N8O8S4. The maximum absolute atomic E-state index is 12.9. The number of carbonyl (C=O) groups is 7. The standard InChI is InChI=1S/C20H16BrFN2O2S.C19H14BrFN2O3S.C11H9BrN2OS.C7H6BrNO.C4H5NO.H2S/c1-12(25)19-15(16-3-2-4-17(21)23-16)11-27-20(19)24-18(26)10-7-13-5-8-14(22)9-6-13;20-15-3-1-2-14(22-15)13-10-27-18(17(13)19(25)26)23-16(24)9-6-11-4-7-12(21)8-5-11;1-6(15)10-7(5-16-11(10)13)8-3-2-4-9(12)14-8;1-5(10)6-3-2-4-7(8)9-6;1-4(6)2-3-5;/h2-6,8-9,11H,7,10H2,1H3,(H,24,26);1-5,7-8,10H,6,9H2,(H,23,24)(H,25,26);2-5H,13H2,1H3;2-4H,1H3;2H2,1H3;1H2. The second kappa shape index (κ2) is 36.1. The van der Waals surface area contributed by atoms with Crippen molar-refractivity contribution in [3.8, 4) is 39.8 Å². The molecule has 0 atom stereocenters. The van der Waals surface area contributed by atoms with Crippen molar-refractivity contribution in [3.63, 3.8) is 0 Å². The fourth-order valence-corrected chi connectivity index (χ4v) is 11.6. The fraction of sp³-hybridized carbons (Fsp3) is 0.148. The number of aromatic carboxylic acids is 1. The van der Waals surface area contributed by atoms with Crippen LogP contribution < -0.4 is 16.4 Å². The number of anilines is 3. The number of carbonyl (C=O) groups excluding carboxylic acids is 6. The summed E-state index contributed by atoms with van der Waals surface area (Å²) in [6, 6.07) is 35.2. The minimum absolute atomic E-state index is 0. The maximum Gasteiger partial charge on any atom is 0.339 e. The number of aromatic nitrogens is 4. The normalized spacial score (nSPS) is 10.0. The number of nitrogens with zero attached hydrogens (tertiary/aromatic N) is 5. The van der Waals surface area contributed by atoms with E-state index in [-0.39, 0.29) is 89.9 Å². The Labute approximate surface area is 552 Å². The Morgan fingerprint density at radius 1 is 0.529 bits per heavy atom. The molecule has 0 saturated heterocycles. The highest BCUT2D eigenvalue weighted by Crippen LogP contribution is 2.38. The van der Waals surface area contributed by atoms with Gasteiger partial charge in [-0.15, -0.1) is 34.0 Å². The van der Waals surface area contributed by atoms with Crippen LogP contribution in [0.15, 0.2) is 156 Å². The van der Waals surface area contributed by atoms with Gasteiger partial charge in [0.05, 0.1) is 45.7 Å². The molecule has 2 aromatic carbocycles. The third-order valence-electron chi connectivity index (χ3n) is 11.3. The summed E-state index contributed by atoms with van der Waals surface area (Å²) in [5, 5.41) is 29.5. The molecule has 0 bridgehead atoms. The van der Waals surface area contributed by atoms with Crippen molar-refractivity contribution < 1.29 is 47.4 Å². The van der Waals surface area contributed by atoms with Crippen LogP contribution in [-0.2, 0) is 27.2 Å². The lowest BCUT2D eigenvalue weighted by molar-refractivity contribution is -0.117. The maximum atomic E-state index is 12.9. The molecular weight excluding hydrogens is 1460 g/mol. The molecule has 2 amide bonds. The first-order valence-corrected chi connectivity index (χ1v) is 31.1. The molecule has 0 aliphatic heterocycles. The van der Waals surface area contributed by atoms with Crippen molar-refractivity contribution >= 4 is 167 Å². The van der Waals surface area contributed by atoms with Gasteiger partial charge in [0.2, 0.25) is 11.8 Å². The Kier molecular flexibility index (Phi) is 29.9. The van der Waals surface area contributed by atoms with Crippen LogP contribution in [0.2, 0.25) is 0 Å². The number of nitrogens with one attached hydrogen (secondary N) is 2. The molecule has 0 aliphatic carbocycles. The third-order valence-corrected chi connectivity index (χ3v) is 15.7. The van der Waals surface area contributed by atoms with E-state index in [0.29, 0.717) is 76.0 Å². The second-order valence-electron chi connectivity index (χ2n) is 17.8. The van der Waals surface area contributed by atoms with Gasteiger partial charge in [-0.2, -0.15) is 18.8 Å². The summed E-state index contributed by atoms with van der Waals surface area (Å²) in [5.74, 6) is -2.53. The van der Waals surface area contributed by atoms with Crippen molar-refractivity contribution in [2.75, 3.05) is 16.4 Å². The number of ketones is 4. The van der Waals surface area contributed by atoms with Crippen molar-refractivity contribution in [2.24, 2.45) is 0 Å². The molecule has 16 nitrogen and oxygen atoms in total. The lowest BCUT2D eigenvalue weighted by atomic mass is 10.1. The molecule has 0 saturated carbocycles. The number of carboxylic acid groups (broad SMARTS) is 1. The summed E-state index contributed by atoms with van der Waals surface area (Å²) >= 11 is 16.9. The Morgan fingerprint density at radius 2 is 0.897 bits per heavy atom. The van der Waals surface area contributed by atoms with Crippen molar-refractivity contribution in [3.05, 3.63) is 201 Å². The SMILES string of the molecule is CC(=O)CC#N.CC(=O)c1c(-c2cccc(Br)n2)csc1N.CC(=O)c1c(-c2cccc(Br)n2)csc1NC(=O)CCc1ccc(F)cc1.CC(=O)c1cccc(Br)n1.O=C(CCc1ccc(F)cc1)Nc1scc(-c2cccc(Br)n2)c1C(=O)O.S. The first-order chi connectivity index (χ1) is 40.9. The number of halogens is 6. The number of thiophene rings is 3. The lowest BCUT2D eigenvalue weighted by Gasteiger charge is -2.07. The van der Waals surface area contributed by atoms with E-state index in [2.05, 4.69) is 94.3 Å². The molecule has 9 aromatic rings. The molecule has 9 rings (SSSR count). The zero-order chi connectivity index (χ0) is 63.0. The largest absolute Gasteiger partial charge is 0.478 e. The quantitative estimate of drug-likeness (QED) is 0.0518. The number of aryl methyl sites for hydroxylation is 2. The van der Waals surface area contributed by atoms with E-state index in [1.54, 1.807) is 78.2 Å². The molecule has 7 heterocycles. The minimum Gasteiger partial charge on any atom is -0.478 e. The van der Waals surface area contributed by atoms with Gasteiger partial charge in [-0.05, 0) is 181 Å². The van der Waals surface area contributed by atoms with Crippen LogP contribution in [0.1, 0.15) is 99.6 Å².